The van der Waals surface area contributed by atoms with E-state index in [0.29, 0.717) is 43.0 Å². The molecule has 182 valence electrons. The molecular formula is C26H26FN3O4S. The number of sulfone groups is 1. The molecule has 0 aliphatic carbocycles. The van der Waals surface area contributed by atoms with Crippen LogP contribution < -0.4 is 10.2 Å². The third-order valence-corrected chi connectivity index (χ3v) is 7.23. The number of carbonyl (C=O) groups is 2. The normalized spacial score (nSPS) is 14.0. The molecule has 0 bridgehead atoms. The summed E-state index contributed by atoms with van der Waals surface area (Å²) >= 11 is 0. The van der Waals surface area contributed by atoms with E-state index in [1.54, 1.807) is 71.6 Å². The summed E-state index contributed by atoms with van der Waals surface area (Å²) in [6.07, 6.45) is 0. The molecule has 0 atom stereocenters. The topological polar surface area (TPSA) is 86.8 Å². The Morgan fingerprint density at radius 2 is 1.46 bits per heavy atom. The predicted molar refractivity (Wildman–Crippen MR) is 134 cm³/mol. The number of hydrogen-bond donors (Lipinski definition) is 1. The zero-order chi connectivity index (χ0) is 24.8. The number of benzene rings is 3. The highest BCUT2D eigenvalue weighted by Crippen LogP contribution is 2.18. The van der Waals surface area contributed by atoms with Gasteiger partial charge in [0.1, 0.15) is 11.6 Å². The van der Waals surface area contributed by atoms with Crippen LogP contribution in [-0.2, 0) is 20.4 Å². The number of halogens is 1. The molecule has 3 aromatic carbocycles. The van der Waals surface area contributed by atoms with Gasteiger partial charge in [0, 0.05) is 43.1 Å². The SMILES string of the molecule is O=C(CS(=O)(=O)Cc1ccc(C(=O)N2CCN(c3ccc(F)cc3)CC2)cc1)Nc1ccccc1. The minimum absolute atomic E-state index is 0.125. The van der Waals surface area contributed by atoms with Crippen LogP contribution in [0.5, 0.6) is 0 Å². The molecule has 4 rings (SSSR count). The van der Waals surface area contributed by atoms with Crippen molar-refractivity contribution < 1.29 is 22.4 Å². The van der Waals surface area contributed by atoms with E-state index in [2.05, 4.69) is 10.2 Å². The number of anilines is 2. The maximum absolute atomic E-state index is 13.1. The summed E-state index contributed by atoms with van der Waals surface area (Å²) in [5, 5.41) is 2.57. The molecule has 1 aliphatic heterocycles. The summed E-state index contributed by atoms with van der Waals surface area (Å²) in [6.45, 7) is 2.34. The fourth-order valence-corrected chi connectivity index (χ4v) is 5.24. The van der Waals surface area contributed by atoms with Crippen molar-refractivity contribution in [1.29, 1.82) is 0 Å². The van der Waals surface area contributed by atoms with Crippen LogP contribution >= 0.6 is 0 Å². The van der Waals surface area contributed by atoms with Gasteiger partial charge in [-0.25, -0.2) is 12.8 Å². The third kappa shape index (κ3) is 6.66. The van der Waals surface area contributed by atoms with Gasteiger partial charge >= 0.3 is 0 Å². The van der Waals surface area contributed by atoms with Crippen LogP contribution in [0.4, 0.5) is 15.8 Å². The molecule has 9 heteroatoms. The number of hydrogen-bond acceptors (Lipinski definition) is 5. The maximum Gasteiger partial charge on any atom is 0.253 e. The molecule has 1 fully saturated rings. The van der Waals surface area contributed by atoms with E-state index < -0.39 is 21.5 Å². The molecule has 1 N–H and O–H groups in total. The zero-order valence-electron chi connectivity index (χ0n) is 19.1. The number of piperazine rings is 1. The number of rotatable bonds is 7. The van der Waals surface area contributed by atoms with Gasteiger partial charge in [-0.2, -0.15) is 0 Å². The minimum Gasteiger partial charge on any atom is -0.368 e. The highest BCUT2D eigenvalue weighted by atomic mass is 32.2. The maximum atomic E-state index is 13.1. The highest BCUT2D eigenvalue weighted by Gasteiger charge is 2.23. The molecule has 0 spiro atoms. The Balaban J connectivity index is 1.30. The number of nitrogens with zero attached hydrogens (tertiary/aromatic N) is 2. The smallest absolute Gasteiger partial charge is 0.253 e. The number of amides is 2. The molecule has 2 amide bonds. The molecule has 1 aliphatic rings. The van der Waals surface area contributed by atoms with Crippen LogP contribution in [0.2, 0.25) is 0 Å². The van der Waals surface area contributed by atoms with E-state index in [-0.39, 0.29) is 17.5 Å². The largest absolute Gasteiger partial charge is 0.368 e. The van der Waals surface area contributed by atoms with Crippen LogP contribution in [-0.4, -0.2) is 57.1 Å². The second kappa shape index (κ2) is 10.7. The van der Waals surface area contributed by atoms with Gasteiger partial charge < -0.3 is 15.1 Å². The lowest BCUT2D eigenvalue weighted by atomic mass is 10.1. The first-order valence-electron chi connectivity index (χ1n) is 11.2. The van der Waals surface area contributed by atoms with Gasteiger partial charge in [0.25, 0.3) is 5.91 Å². The number of nitrogens with one attached hydrogen (secondary N) is 1. The van der Waals surface area contributed by atoms with Crippen molar-refractivity contribution >= 4 is 33.0 Å². The van der Waals surface area contributed by atoms with Gasteiger partial charge in [0.05, 0.1) is 5.75 Å². The van der Waals surface area contributed by atoms with E-state index >= 15 is 0 Å². The predicted octanol–water partition coefficient (Wildman–Crippen LogP) is 3.34. The summed E-state index contributed by atoms with van der Waals surface area (Å²) in [5.41, 5.74) is 2.44. The van der Waals surface area contributed by atoms with E-state index in [1.165, 1.54) is 12.1 Å². The Bertz CT molecular complexity index is 1270. The zero-order valence-corrected chi connectivity index (χ0v) is 19.9. The van der Waals surface area contributed by atoms with Crippen molar-refractivity contribution in [2.45, 2.75) is 5.75 Å². The van der Waals surface area contributed by atoms with Crippen molar-refractivity contribution in [2.24, 2.45) is 0 Å². The Kier molecular flexibility index (Phi) is 7.45. The molecular weight excluding hydrogens is 469 g/mol. The standard InChI is InChI=1S/C26H26FN3O4S/c27-22-10-12-24(13-11-22)29-14-16-30(17-15-29)26(32)21-8-6-20(7-9-21)18-35(33,34)19-25(31)28-23-4-2-1-3-5-23/h1-13H,14-19H2,(H,28,31). The van der Waals surface area contributed by atoms with Crippen molar-refractivity contribution in [2.75, 3.05) is 42.1 Å². The van der Waals surface area contributed by atoms with E-state index in [9.17, 15) is 22.4 Å². The van der Waals surface area contributed by atoms with Crippen LogP contribution in [0.15, 0.2) is 78.9 Å². The molecule has 0 aromatic heterocycles. The molecule has 0 unspecified atom stereocenters. The Labute approximate surface area is 204 Å². The Morgan fingerprint density at radius 1 is 0.829 bits per heavy atom. The molecule has 3 aromatic rings. The van der Waals surface area contributed by atoms with Gasteiger partial charge in [-0.15, -0.1) is 0 Å². The summed E-state index contributed by atoms with van der Waals surface area (Å²) in [4.78, 5) is 28.8. The fraction of sp³-hybridized carbons (Fsp3) is 0.231. The number of para-hydroxylation sites is 1. The average molecular weight is 496 g/mol. The molecule has 1 heterocycles. The summed E-state index contributed by atoms with van der Waals surface area (Å²) in [6, 6.07) is 21.4. The monoisotopic (exact) mass is 495 g/mol. The summed E-state index contributed by atoms with van der Waals surface area (Å²) in [5.74, 6) is -1.92. The van der Waals surface area contributed by atoms with Crippen LogP contribution in [0.1, 0.15) is 15.9 Å². The third-order valence-electron chi connectivity index (χ3n) is 5.75. The molecule has 7 nitrogen and oxygen atoms in total. The minimum atomic E-state index is -3.68. The van der Waals surface area contributed by atoms with Crippen molar-refractivity contribution in [3.05, 3.63) is 95.8 Å². The molecule has 0 saturated carbocycles. The first-order chi connectivity index (χ1) is 16.8. The number of carbonyl (C=O) groups excluding carboxylic acids is 2. The molecule has 0 radical (unpaired) electrons. The quantitative estimate of drug-likeness (QED) is 0.543. The van der Waals surface area contributed by atoms with Gasteiger partial charge in [-0.05, 0) is 54.1 Å². The van der Waals surface area contributed by atoms with Crippen LogP contribution in [0.3, 0.4) is 0 Å². The first-order valence-corrected chi connectivity index (χ1v) is 13.1. The van der Waals surface area contributed by atoms with Crippen molar-refractivity contribution in [3.63, 3.8) is 0 Å². The summed E-state index contributed by atoms with van der Waals surface area (Å²) in [7, 11) is -3.68. The van der Waals surface area contributed by atoms with Gasteiger partial charge in [0.15, 0.2) is 9.84 Å². The second-order valence-electron chi connectivity index (χ2n) is 8.40. The van der Waals surface area contributed by atoms with Gasteiger partial charge in [-0.3, -0.25) is 9.59 Å². The average Bonchev–Trinajstić information content (AvgIpc) is 2.84. The van der Waals surface area contributed by atoms with E-state index in [0.717, 1.165) is 5.69 Å². The lowest BCUT2D eigenvalue weighted by Gasteiger charge is -2.36. The first kappa shape index (κ1) is 24.4. The molecule has 35 heavy (non-hydrogen) atoms. The lowest BCUT2D eigenvalue weighted by molar-refractivity contribution is -0.113. The van der Waals surface area contributed by atoms with Crippen molar-refractivity contribution in [3.8, 4) is 0 Å². The Hall–Kier alpha value is -3.72. The van der Waals surface area contributed by atoms with Gasteiger partial charge in [0.2, 0.25) is 5.91 Å². The van der Waals surface area contributed by atoms with E-state index in [4.69, 9.17) is 0 Å². The second-order valence-corrected chi connectivity index (χ2v) is 10.5. The fourth-order valence-electron chi connectivity index (χ4n) is 3.97. The van der Waals surface area contributed by atoms with E-state index in [1.807, 2.05) is 0 Å². The lowest BCUT2D eigenvalue weighted by Crippen LogP contribution is -2.48. The van der Waals surface area contributed by atoms with Gasteiger partial charge in [-0.1, -0.05) is 30.3 Å². The molecule has 1 saturated heterocycles. The van der Waals surface area contributed by atoms with Crippen molar-refractivity contribution in [1.82, 2.24) is 4.90 Å². The Morgan fingerprint density at radius 3 is 2.09 bits per heavy atom. The van der Waals surface area contributed by atoms with Crippen LogP contribution in [0, 0.1) is 5.82 Å². The van der Waals surface area contributed by atoms with Crippen LogP contribution in [0.25, 0.3) is 0 Å². The highest BCUT2D eigenvalue weighted by molar-refractivity contribution is 7.91. The summed E-state index contributed by atoms with van der Waals surface area (Å²) < 4.78 is 38.1.